The highest BCUT2D eigenvalue weighted by molar-refractivity contribution is 7.45. The number of nitrogens with zero attached hydrogens (tertiary/aromatic N) is 1. The first-order chi connectivity index (χ1) is 36.0. The third-order valence-corrected chi connectivity index (χ3v) is 14.2. The fraction of sp³-hybridized carbons (Fsp3) is 0.781. The Morgan fingerprint density at radius 1 is 0.432 bits per heavy atom. The molecule has 0 aromatic carbocycles. The van der Waals surface area contributed by atoms with Gasteiger partial charge >= 0.3 is 11.9 Å². The van der Waals surface area contributed by atoms with Crippen LogP contribution in [0.5, 0.6) is 0 Å². The number of carbonyl (C=O) groups is 2. The molecule has 2 atom stereocenters. The second kappa shape index (κ2) is 55.2. The van der Waals surface area contributed by atoms with Crippen LogP contribution in [0.25, 0.3) is 0 Å². The Balaban J connectivity index is 4.12. The zero-order chi connectivity index (χ0) is 54.2. The van der Waals surface area contributed by atoms with Crippen molar-refractivity contribution >= 4 is 19.8 Å². The Labute approximate surface area is 457 Å². The molecule has 0 aliphatic carbocycles. The minimum atomic E-state index is -4.64. The van der Waals surface area contributed by atoms with Gasteiger partial charge in [-0.2, -0.15) is 0 Å². The number of hydrogen-bond donors (Lipinski definition) is 0. The van der Waals surface area contributed by atoms with Crippen molar-refractivity contribution in [3.63, 3.8) is 0 Å². The van der Waals surface area contributed by atoms with E-state index in [-0.39, 0.29) is 32.0 Å². The van der Waals surface area contributed by atoms with Gasteiger partial charge in [0, 0.05) is 12.8 Å². The van der Waals surface area contributed by atoms with Crippen LogP contribution in [0.4, 0.5) is 0 Å². The van der Waals surface area contributed by atoms with Crippen LogP contribution in [0.1, 0.15) is 271 Å². The minimum absolute atomic E-state index is 0.0335. The number of unbranched alkanes of at least 4 members (excludes halogenated alkanes) is 30. The van der Waals surface area contributed by atoms with Crippen molar-refractivity contribution in [2.45, 2.75) is 277 Å². The Morgan fingerprint density at radius 3 is 1.15 bits per heavy atom. The predicted molar refractivity (Wildman–Crippen MR) is 314 cm³/mol. The molecule has 74 heavy (non-hydrogen) atoms. The van der Waals surface area contributed by atoms with E-state index in [0.717, 1.165) is 77.0 Å². The topological polar surface area (TPSA) is 111 Å². The number of esters is 2. The Kier molecular flexibility index (Phi) is 53.3. The maximum Gasteiger partial charge on any atom is 0.306 e. The van der Waals surface area contributed by atoms with E-state index in [1.54, 1.807) is 0 Å². The number of phosphoric ester groups is 1. The van der Waals surface area contributed by atoms with Crippen molar-refractivity contribution < 1.29 is 42.1 Å². The summed E-state index contributed by atoms with van der Waals surface area (Å²) in [5.41, 5.74) is 0. The minimum Gasteiger partial charge on any atom is -0.756 e. The van der Waals surface area contributed by atoms with E-state index in [1.165, 1.54) is 161 Å². The van der Waals surface area contributed by atoms with Gasteiger partial charge in [0.2, 0.25) is 0 Å². The van der Waals surface area contributed by atoms with Gasteiger partial charge in [0.25, 0.3) is 7.82 Å². The third kappa shape index (κ3) is 58.7. The molecule has 0 aliphatic rings. The van der Waals surface area contributed by atoms with Crippen LogP contribution in [0.3, 0.4) is 0 Å². The smallest absolute Gasteiger partial charge is 0.306 e. The van der Waals surface area contributed by atoms with Crippen molar-refractivity contribution in [2.24, 2.45) is 0 Å². The number of ether oxygens (including phenoxy) is 2. The molecule has 430 valence electrons. The van der Waals surface area contributed by atoms with Crippen LogP contribution in [-0.4, -0.2) is 70.0 Å². The van der Waals surface area contributed by atoms with Gasteiger partial charge in [-0.05, 0) is 83.5 Å². The van der Waals surface area contributed by atoms with E-state index in [1.807, 2.05) is 21.1 Å². The van der Waals surface area contributed by atoms with Gasteiger partial charge in [0.15, 0.2) is 6.10 Å². The Hall–Kier alpha value is -2.55. The predicted octanol–water partition coefficient (Wildman–Crippen LogP) is 18.6. The first-order valence-corrected chi connectivity index (χ1v) is 32.1. The van der Waals surface area contributed by atoms with Gasteiger partial charge in [0.1, 0.15) is 19.8 Å². The number of quaternary nitrogens is 1. The summed E-state index contributed by atoms with van der Waals surface area (Å²) in [6.07, 6.45) is 72.4. The van der Waals surface area contributed by atoms with Gasteiger partial charge in [-0.3, -0.25) is 14.2 Å². The van der Waals surface area contributed by atoms with Crippen LogP contribution in [-0.2, 0) is 32.7 Å². The van der Waals surface area contributed by atoms with Crippen molar-refractivity contribution in [1.29, 1.82) is 0 Å². The number of carbonyl (C=O) groups excluding carboxylic acids is 2. The summed E-state index contributed by atoms with van der Waals surface area (Å²) >= 11 is 0. The van der Waals surface area contributed by atoms with E-state index >= 15 is 0 Å². The summed E-state index contributed by atoms with van der Waals surface area (Å²) in [5, 5.41) is 0. The van der Waals surface area contributed by atoms with Gasteiger partial charge in [0.05, 0.1) is 27.7 Å². The SMILES string of the molecule is CC/C=C\C/C=C\C/C=C\C/C=C\CCCCCCCCCCCCC(=O)OC(COC(=O)CCCCCCCCCCCCCCCCC/C=C\C/C=C\CCCCCCC)COP(=O)([O-])OCC[N+](C)(C)C. The van der Waals surface area contributed by atoms with Crippen molar-refractivity contribution in [2.75, 3.05) is 47.5 Å². The maximum absolute atomic E-state index is 12.8. The van der Waals surface area contributed by atoms with Gasteiger partial charge in [-0.1, -0.05) is 247 Å². The summed E-state index contributed by atoms with van der Waals surface area (Å²) in [5.74, 6) is -0.832. The molecule has 0 N–H and O–H groups in total. The monoisotopic (exact) mass is 1060 g/mol. The van der Waals surface area contributed by atoms with Gasteiger partial charge < -0.3 is 27.9 Å². The second-order valence-electron chi connectivity index (χ2n) is 21.7. The summed E-state index contributed by atoms with van der Waals surface area (Å²) in [7, 11) is 1.16. The number of allylic oxidation sites excluding steroid dienone is 12. The lowest BCUT2D eigenvalue weighted by Crippen LogP contribution is -2.37. The Bertz CT molecular complexity index is 1480. The molecule has 0 bridgehead atoms. The van der Waals surface area contributed by atoms with Crippen LogP contribution < -0.4 is 4.89 Å². The lowest BCUT2D eigenvalue weighted by molar-refractivity contribution is -0.870. The van der Waals surface area contributed by atoms with Crippen LogP contribution >= 0.6 is 7.82 Å². The molecule has 0 fully saturated rings. The molecule has 0 saturated carbocycles. The van der Waals surface area contributed by atoms with Crippen molar-refractivity contribution in [3.8, 4) is 0 Å². The average Bonchev–Trinajstić information content (AvgIpc) is 3.36. The molecule has 0 amide bonds. The highest BCUT2D eigenvalue weighted by Gasteiger charge is 2.22. The summed E-state index contributed by atoms with van der Waals surface area (Å²) in [4.78, 5) is 37.9. The molecule has 0 rings (SSSR count). The number of phosphoric acid groups is 1. The normalized spacial score (nSPS) is 13.8. The fourth-order valence-electron chi connectivity index (χ4n) is 8.50. The second-order valence-corrected chi connectivity index (χ2v) is 23.1. The summed E-state index contributed by atoms with van der Waals surface area (Å²) < 4.78 is 34.2. The summed E-state index contributed by atoms with van der Waals surface area (Å²) in [6.45, 7) is 4.14. The van der Waals surface area contributed by atoms with E-state index < -0.39 is 26.5 Å². The molecular weight excluding hydrogens is 942 g/mol. The zero-order valence-corrected chi connectivity index (χ0v) is 49.7. The Morgan fingerprint density at radius 2 is 0.770 bits per heavy atom. The van der Waals surface area contributed by atoms with E-state index in [4.69, 9.17) is 18.5 Å². The molecule has 0 heterocycles. The average molecular weight is 1060 g/mol. The number of rotatable bonds is 56. The molecule has 0 aliphatic heterocycles. The molecule has 0 saturated heterocycles. The molecule has 0 radical (unpaired) electrons. The zero-order valence-electron chi connectivity index (χ0n) is 48.8. The number of hydrogen-bond acceptors (Lipinski definition) is 8. The van der Waals surface area contributed by atoms with E-state index in [0.29, 0.717) is 17.4 Å². The molecule has 9 nitrogen and oxygen atoms in total. The molecule has 0 aromatic rings. The first-order valence-electron chi connectivity index (χ1n) is 30.6. The van der Waals surface area contributed by atoms with E-state index in [2.05, 4.69) is 86.8 Å². The molecule has 10 heteroatoms. The van der Waals surface area contributed by atoms with Crippen LogP contribution in [0, 0.1) is 0 Å². The highest BCUT2D eigenvalue weighted by atomic mass is 31.2. The molecule has 0 spiro atoms. The molecule has 2 unspecified atom stereocenters. The van der Waals surface area contributed by atoms with Crippen LogP contribution in [0.15, 0.2) is 72.9 Å². The quantitative estimate of drug-likeness (QED) is 0.0195. The molecular formula is C64H116NO8P. The third-order valence-electron chi connectivity index (χ3n) is 13.2. The van der Waals surface area contributed by atoms with Crippen molar-refractivity contribution in [3.05, 3.63) is 72.9 Å². The van der Waals surface area contributed by atoms with Crippen molar-refractivity contribution in [1.82, 2.24) is 0 Å². The van der Waals surface area contributed by atoms with E-state index in [9.17, 15) is 19.0 Å². The van der Waals surface area contributed by atoms with Gasteiger partial charge in [-0.15, -0.1) is 0 Å². The lowest BCUT2D eigenvalue weighted by Gasteiger charge is -2.28. The largest absolute Gasteiger partial charge is 0.756 e. The lowest BCUT2D eigenvalue weighted by atomic mass is 10.0. The first kappa shape index (κ1) is 71.5. The van der Waals surface area contributed by atoms with Gasteiger partial charge in [-0.25, -0.2) is 0 Å². The standard InChI is InChI=1S/C64H116NO8P/c1-6-8-10-12-14-16-18-20-22-24-26-28-30-31-32-33-35-36-38-40-42-44-46-48-50-52-54-56-63(66)70-60-62(61-72-74(68,69)71-59-58-65(3,4)5)73-64(67)57-55-53-51-49-47-45-43-41-39-37-34-29-27-25-23-21-19-17-15-13-11-9-7-2/h9,11,15,17-18,20-21,23-24,26-27,29,62H,6-8,10,12-14,16,19,22,25,28,30-61H2,1-5H3/b11-9-,17-15-,20-18-,23-21-,26-24-,29-27-. The maximum atomic E-state index is 12.8. The molecule has 0 aromatic heterocycles. The highest BCUT2D eigenvalue weighted by Crippen LogP contribution is 2.38. The fourth-order valence-corrected chi connectivity index (χ4v) is 9.23. The number of likely N-dealkylation sites (N-methyl/N-ethyl adjacent to an activating group) is 1. The van der Waals surface area contributed by atoms with Crippen LogP contribution in [0.2, 0.25) is 0 Å². The summed E-state index contributed by atoms with van der Waals surface area (Å²) in [6, 6.07) is 0.